The van der Waals surface area contributed by atoms with Gasteiger partial charge in [-0.3, -0.25) is 4.79 Å². The number of rotatable bonds is 3. The van der Waals surface area contributed by atoms with Gasteiger partial charge in [-0.1, -0.05) is 18.6 Å². The predicted octanol–water partition coefficient (Wildman–Crippen LogP) is 3.39. The molecule has 2 unspecified atom stereocenters. The Hall–Kier alpha value is -1.33. The number of carbonyl (C=O) groups is 1. The normalized spacial score (nSPS) is 21.9. The van der Waals surface area contributed by atoms with Crippen molar-refractivity contribution in [3.05, 3.63) is 34.5 Å². The van der Waals surface area contributed by atoms with E-state index in [-0.39, 0.29) is 11.9 Å². The summed E-state index contributed by atoms with van der Waals surface area (Å²) in [6, 6.07) is 7.82. The van der Waals surface area contributed by atoms with Crippen LogP contribution in [0.3, 0.4) is 0 Å². The van der Waals surface area contributed by atoms with Crippen LogP contribution in [0.2, 0.25) is 0 Å². The lowest BCUT2D eigenvalue weighted by atomic mass is 10.0. The summed E-state index contributed by atoms with van der Waals surface area (Å²) in [6.45, 7) is 0.633. The van der Waals surface area contributed by atoms with Crippen LogP contribution in [0, 0.1) is 5.92 Å². The molecule has 0 aliphatic heterocycles. The van der Waals surface area contributed by atoms with E-state index in [1.54, 1.807) is 4.90 Å². The molecule has 0 radical (unpaired) electrons. The zero-order valence-electron chi connectivity index (χ0n) is 12.0. The van der Waals surface area contributed by atoms with Gasteiger partial charge in [-0.05, 0) is 53.4 Å². The molecule has 4 nitrogen and oxygen atoms in total. The van der Waals surface area contributed by atoms with E-state index in [2.05, 4.69) is 15.9 Å². The number of halogens is 1. The van der Waals surface area contributed by atoms with Gasteiger partial charge < -0.3 is 15.1 Å². The zero-order chi connectivity index (χ0) is 15.0. The van der Waals surface area contributed by atoms with Gasteiger partial charge in [-0.25, -0.2) is 0 Å². The lowest BCUT2D eigenvalue weighted by Crippen LogP contribution is -2.41. The number of fused-ring (bicyclic) bond motifs is 1. The van der Waals surface area contributed by atoms with E-state index in [4.69, 9.17) is 10.2 Å². The highest BCUT2D eigenvalue weighted by Crippen LogP contribution is 2.31. The van der Waals surface area contributed by atoms with Gasteiger partial charge in [0.1, 0.15) is 5.58 Å². The third-order valence-corrected chi connectivity index (χ3v) is 5.07. The van der Waals surface area contributed by atoms with E-state index in [1.807, 2.05) is 31.3 Å². The van der Waals surface area contributed by atoms with E-state index in [1.165, 1.54) is 0 Å². The quantitative estimate of drug-likeness (QED) is 0.922. The second-order valence-electron chi connectivity index (χ2n) is 5.68. The fraction of sp³-hybridized carbons (Fsp3) is 0.438. The minimum atomic E-state index is -0.0663. The SMILES string of the molecule is CN(C(=O)c1cc2cccc(Br)c2o1)C1CCCC1CN. The Morgan fingerprint density at radius 3 is 3.00 bits per heavy atom. The van der Waals surface area contributed by atoms with Crippen LogP contribution in [0.25, 0.3) is 11.0 Å². The Morgan fingerprint density at radius 2 is 2.29 bits per heavy atom. The first-order valence-corrected chi connectivity index (χ1v) is 8.06. The topological polar surface area (TPSA) is 59.5 Å². The van der Waals surface area contributed by atoms with E-state index in [0.717, 1.165) is 34.7 Å². The van der Waals surface area contributed by atoms with Crippen LogP contribution in [0.1, 0.15) is 29.8 Å². The fourth-order valence-corrected chi connectivity index (χ4v) is 3.72. The first kappa shape index (κ1) is 14.6. The van der Waals surface area contributed by atoms with Crippen molar-refractivity contribution >= 4 is 32.8 Å². The molecule has 0 spiro atoms. The van der Waals surface area contributed by atoms with Crippen molar-refractivity contribution in [2.75, 3.05) is 13.6 Å². The van der Waals surface area contributed by atoms with E-state index < -0.39 is 0 Å². The maximum Gasteiger partial charge on any atom is 0.289 e. The largest absolute Gasteiger partial charge is 0.450 e. The summed E-state index contributed by atoms with van der Waals surface area (Å²) >= 11 is 3.45. The summed E-state index contributed by atoms with van der Waals surface area (Å²) in [5.74, 6) is 0.723. The highest BCUT2D eigenvalue weighted by atomic mass is 79.9. The number of hydrogen-bond acceptors (Lipinski definition) is 3. The second-order valence-corrected chi connectivity index (χ2v) is 6.53. The Morgan fingerprint density at radius 1 is 1.48 bits per heavy atom. The monoisotopic (exact) mass is 350 g/mol. The standard InChI is InChI=1S/C16H19BrN2O2/c1-19(13-7-3-5-11(13)9-18)16(20)14-8-10-4-2-6-12(17)15(10)21-14/h2,4,6,8,11,13H,3,5,7,9,18H2,1H3. The minimum absolute atomic E-state index is 0.0663. The summed E-state index contributed by atoms with van der Waals surface area (Å²) in [6.07, 6.45) is 3.26. The van der Waals surface area contributed by atoms with Crippen molar-refractivity contribution in [2.24, 2.45) is 11.7 Å². The van der Waals surface area contributed by atoms with Crippen LogP contribution in [-0.2, 0) is 0 Å². The molecular formula is C16H19BrN2O2. The third kappa shape index (κ3) is 2.60. The predicted molar refractivity (Wildman–Crippen MR) is 86.2 cm³/mol. The van der Waals surface area contributed by atoms with Crippen molar-refractivity contribution in [2.45, 2.75) is 25.3 Å². The Balaban J connectivity index is 1.87. The average molecular weight is 351 g/mol. The Kier molecular flexibility index (Phi) is 4.04. The molecular weight excluding hydrogens is 332 g/mol. The maximum absolute atomic E-state index is 12.7. The van der Waals surface area contributed by atoms with Crippen molar-refractivity contribution < 1.29 is 9.21 Å². The van der Waals surface area contributed by atoms with Gasteiger partial charge in [0.2, 0.25) is 0 Å². The molecule has 2 N–H and O–H groups in total. The minimum Gasteiger partial charge on any atom is -0.450 e. The molecule has 1 fully saturated rings. The van der Waals surface area contributed by atoms with Crippen molar-refractivity contribution in [1.29, 1.82) is 0 Å². The van der Waals surface area contributed by atoms with E-state index in [9.17, 15) is 4.79 Å². The summed E-state index contributed by atoms with van der Waals surface area (Å²) in [7, 11) is 1.85. The first-order valence-electron chi connectivity index (χ1n) is 7.27. The number of para-hydroxylation sites is 1. The fourth-order valence-electron chi connectivity index (χ4n) is 3.26. The van der Waals surface area contributed by atoms with Crippen LogP contribution >= 0.6 is 15.9 Å². The number of carbonyl (C=O) groups excluding carboxylic acids is 1. The molecule has 5 heteroatoms. The molecule has 1 aliphatic rings. The van der Waals surface area contributed by atoms with Crippen LogP contribution in [0.15, 0.2) is 33.2 Å². The average Bonchev–Trinajstić information content (AvgIpc) is 3.12. The molecule has 1 amide bonds. The number of furan rings is 1. The zero-order valence-corrected chi connectivity index (χ0v) is 13.6. The maximum atomic E-state index is 12.7. The summed E-state index contributed by atoms with van der Waals surface area (Å²) < 4.78 is 6.60. The third-order valence-electron chi connectivity index (χ3n) is 4.45. The van der Waals surface area contributed by atoms with Gasteiger partial charge in [0.05, 0.1) is 4.47 Å². The molecule has 112 valence electrons. The van der Waals surface area contributed by atoms with Gasteiger partial charge in [0.15, 0.2) is 5.76 Å². The molecule has 1 heterocycles. The van der Waals surface area contributed by atoms with Crippen LogP contribution in [-0.4, -0.2) is 30.4 Å². The van der Waals surface area contributed by atoms with Crippen LogP contribution in [0.5, 0.6) is 0 Å². The van der Waals surface area contributed by atoms with Gasteiger partial charge >= 0.3 is 0 Å². The molecule has 0 bridgehead atoms. The first-order chi connectivity index (χ1) is 10.1. The molecule has 21 heavy (non-hydrogen) atoms. The number of benzene rings is 1. The summed E-state index contributed by atoms with van der Waals surface area (Å²) in [4.78, 5) is 14.5. The molecule has 0 saturated heterocycles. The molecule has 1 aromatic heterocycles. The van der Waals surface area contributed by atoms with Crippen molar-refractivity contribution in [3.8, 4) is 0 Å². The lowest BCUT2D eigenvalue weighted by Gasteiger charge is -2.28. The molecule has 1 saturated carbocycles. The van der Waals surface area contributed by atoms with Gasteiger partial charge in [0.25, 0.3) is 5.91 Å². The molecule has 2 aromatic rings. The summed E-state index contributed by atoms with van der Waals surface area (Å²) in [5.41, 5.74) is 6.53. The van der Waals surface area contributed by atoms with Gasteiger partial charge in [0, 0.05) is 18.5 Å². The molecule has 1 aromatic carbocycles. The van der Waals surface area contributed by atoms with Crippen molar-refractivity contribution in [1.82, 2.24) is 4.90 Å². The van der Waals surface area contributed by atoms with E-state index >= 15 is 0 Å². The summed E-state index contributed by atoms with van der Waals surface area (Å²) in [5, 5.41) is 0.933. The van der Waals surface area contributed by atoms with Crippen molar-refractivity contribution in [3.63, 3.8) is 0 Å². The highest BCUT2D eigenvalue weighted by molar-refractivity contribution is 9.10. The molecule has 1 aliphatic carbocycles. The number of amides is 1. The second kappa shape index (κ2) is 5.81. The van der Waals surface area contributed by atoms with Crippen LogP contribution in [0.4, 0.5) is 0 Å². The molecule has 2 atom stereocenters. The Bertz CT molecular complexity index is 667. The van der Waals surface area contributed by atoms with Gasteiger partial charge in [-0.2, -0.15) is 0 Å². The number of nitrogens with zero attached hydrogens (tertiary/aromatic N) is 1. The van der Waals surface area contributed by atoms with Crippen LogP contribution < -0.4 is 5.73 Å². The molecule has 3 rings (SSSR count). The smallest absolute Gasteiger partial charge is 0.289 e. The number of hydrogen-bond donors (Lipinski definition) is 1. The number of nitrogens with two attached hydrogens (primary N) is 1. The Labute approximate surface area is 132 Å². The lowest BCUT2D eigenvalue weighted by molar-refractivity contribution is 0.0670. The van der Waals surface area contributed by atoms with Gasteiger partial charge in [-0.15, -0.1) is 0 Å². The highest BCUT2D eigenvalue weighted by Gasteiger charge is 2.33. The van der Waals surface area contributed by atoms with E-state index in [0.29, 0.717) is 18.2 Å².